The van der Waals surface area contributed by atoms with E-state index in [1.807, 2.05) is 0 Å². The maximum Gasteiger partial charge on any atom is 0.414 e. The summed E-state index contributed by atoms with van der Waals surface area (Å²) in [5, 5.41) is 7.78. The van der Waals surface area contributed by atoms with Crippen molar-refractivity contribution < 1.29 is 41.4 Å². The number of halogens is 3. The summed E-state index contributed by atoms with van der Waals surface area (Å²) in [6, 6.07) is 2.34. The molecule has 2 aliphatic rings. The van der Waals surface area contributed by atoms with Gasteiger partial charge >= 0.3 is 18.4 Å². The smallest absolute Gasteiger partial charge is 0.414 e. The Kier molecular flexibility index (Phi) is 9.03. The van der Waals surface area contributed by atoms with Crippen molar-refractivity contribution in [1.82, 2.24) is 15.3 Å². The first-order valence-corrected chi connectivity index (χ1v) is 15.4. The van der Waals surface area contributed by atoms with Gasteiger partial charge in [-0.05, 0) is 84.4 Å². The molecule has 12 nitrogen and oxygen atoms in total. The highest BCUT2D eigenvalue weighted by atomic mass is 19.4. The lowest BCUT2D eigenvalue weighted by atomic mass is 9.93. The summed E-state index contributed by atoms with van der Waals surface area (Å²) < 4.78 is 58.8. The highest BCUT2D eigenvalue weighted by Crippen LogP contribution is 2.42. The second-order valence-corrected chi connectivity index (χ2v) is 13.9. The van der Waals surface area contributed by atoms with Gasteiger partial charge in [0, 0.05) is 25.5 Å². The number of hydrogen-bond donors (Lipinski definition) is 3. The molecule has 47 heavy (non-hydrogen) atoms. The number of alkyl carbamates (subject to hydrolysis) is 1. The Bertz CT molecular complexity index is 1660. The van der Waals surface area contributed by atoms with Crippen LogP contribution in [0.2, 0.25) is 0 Å². The fraction of sp³-hybridized carbons (Fsp3) is 0.531. The predicted octanol–water partition coefficient (Wildman–Crippen LogP) is 6.98. The van der Waals surface area contributed by atoms with Crippen molar-refractivity contribution in [3.63, 3.8) is 0 Å². The van der Waals surface area contributed by atoms with Crippen LogP contribution in [0.3, 0.4) is 0 Å². The summed E-state index contributed by atoms with van der Waals surface area (Å²) in [4.78, 5) is 49.1. The van der Waals surface area contributed by atoms with Gasteiger partial charge in [-0.3, -0.25) is 20.1 Å². The quantitative estimate of drug-likeness (QED) is 0.255. The molecule has 1 saturated heterocycles. The third-order valence-corrected chi connectivity index (χ3v) is 7.46. The molecule has 3 N–H and O–H groups in total. The number of piperidine rings is 1. The Balaban J connectivity index is 1.44. The van der Waals surface area contributed by atoms with Crippen molar-refractivity contribution >= 4 is 46.5 Å². The molecule has 15 heteroatoms. The van der Waals surface area contributed by atoms with Crippen LogP contribution in [0.15, 0.2) is 35.1 Å². The number of pyridine rings is 2. The van der Waals surface area contributed by atoms with Gasteiger partial charge in [0.2, 0.25) is 5.88 Å². The third-order valence-electron chi connectivity index (χ3n) is 7.46. The van der Waals surface area contributed by atoms with Gasteiger partial charge < -0.3 is 29.4 Å². The molecule has 3 aromatic heterocycles. The Morgan fingerprint density at radius 3 is 2.28 bits per heavy atom. The molecule has 0 aromatic carbocycles. The van der Waals surface area contributed by atoms with E-state index >= 15 is 0 Å². The monoisotopic (exact) mass is 660 g/mol. The molecule has 254 valence electrons. The van der Waals surface area contributed by atoms with E-state index in [1.165, 1.54) is 23.4 Å². The Hall–Kier alpha value is -4.56. The van der Waals surface area contributed by atoms with Crippen molar-refractivity contribution in [2.45, 2.75) is 90.1 Å². The van der Waals surface area contributed by atoms with Gasteiger partial charge in [0.15, 0.2) is 5.58 Å². The average molecular weight is 661 g/mol. The van der Waals surface area contributed by atoms with Crippen molar-refractivity contribution in [1.29, 1.82) is 0 Å². The molecule has 1 unspecified atom stereocenters. The zero-order chi connectivity index (χ0) is 34.3. The topological polar surface area (TPSA) is 148 Å². The lowest BCUT2D eigenvalue weighted by molar-refractivity contribution is -0.177. The minimum absolute atomic E-state index is 0.00426. The number of rotatable bonds is 6. The molecular weight excluding hydrogens is 621 g/mol. The first-order valence-electron chi connectivity index (χ1n) is 15.4. The Labute approximate surface area is 269 Å². The van der Waals surface area contributed by atoms with Crippen molar-refractivity contribution in [3.05, 3.63) is 41.9 Å². The van der Waals surface area contributed by atoms with Crippen LogP contribution in [0.4, 0.5) is 40.0 Å². The molecule has 4 heterocycles. The normalized spacial score (nSPS) is 18.9. The molecule has 2 atom stereocenters. The number of anilines is 3. The van der Waals surface area contributed by atoms with Gasteiger partial charge in [-0.2, -0.15) is 13.2 Å². The number of nitrogens with zero attached hydrogens (tertiary/aromatic N) is 3. The van der Waals surface area contributed by atoms with E-state index in [1.54, 1.807) is 53.8 Å². The van der Waals surface area contributed by atoms with Crippen LogP contribution in [-0.2, 0) is 9.47 Å². The van der Waals surface area contributed by atoms with Gasteiger partial charge in [-0.15, -0.1) is 0 Å². The SMILES string of the molecule is CC(C)(C)OC(=O)Nc1oc2cc(C3CC3)cnc2c1C(=O)Nc1cnccc1N1CC(NC(=O)OC(C)(C)C)C[C@@H](C(F)(F)F)C1. The summed E-state index contributed by atoms with van der Waals surface area (Å²) in [5.74, 6) is -2.38. The highest BCUT2D eigenvalue weighted by Gasteiger charge is 2.45. The number of amides is 3. The van der Waals surface area contributed by atoms with Gasteiger partial charge in [-0.25, -0.2) is 9.59 Å². The molecule has 0 spiro atoms. The van der Waals surface area contributed by atoms with Crippen LogP contribution >= 0.6 is 0 Å². The zero-order valence-electron chi connectivity index (χ0n) is 27.1. The van der Waals surface area contributed by atoms with Crippen molar-refractivity contribution in [3.8, 4) is 0 Å². The molecule has 3 amide bonds. The van der Waals surface area contributed by atoms with Crippen molar-refractivity contribution in [2.75, 3.05) is 28.6 Å². The number of furan rings is 1. The summed E-state index contributed by atoms with van der Waals surface area (Å²) in [6.45, 7) is 9.60. The van der Waals surface area contributed by atoms with E-state index in [-0.39, 0.29) is 46.9 Å². The summed E-state index contributed by atoms with van der Waals surface area (Å²) in [7, 11) is 0. The summed E-state index contributed by atoms with van der Waals surface area (Å²) in [5.41, 5.74) is -0.0284. The standard InChI is InChI=1S/C32H39F3N6O6/c1-30(2,3)46-28(43)38-20-12-19(32(33,34)35)15-41(16-20)22-9-10-36-14-21(22)39-26(42)24-25-23(11-18(13-37-25)17-7-8-17)45-27(24)40-29(44)47-31(4,5)6/h9-11,13-14,17,19-20H,7-8,12,15-16H2,1-6H3,(H,38,43)(H,39,42)(H,40,44)/t19-,20?/m1/s1. The second kappa shape index (κ2) is 12.6. The fourth-order valence-electron chi connectivity index (χ4n) is 5.38. The van der Waals surface area contributed by atoms with E-state index in [2.05, 4.69) is 25.9 Å². The van der Waals surface area contributed by atoms with Gasteiger partial charge in [-0.1, -0.05) is 0 Å². The maximum absolute atomic E-state index is 14.1. The van der Waals surface area contributed by atoms with E-state index in [0.717, 1.165) is 18.4 Å². The first kappa shape index (κ1) is 33.8. The van der Waals surface area contributed by atoms with E-state index in [0.29, 0.717) is 5.92 Å². The molecule has 1 saturated carbocycles. The molecular formula is C32H39F3N6O6. The highest BCUT2D eigenvalue weighted by molar-refractivity contribution is 6.16. The summed E-state index contributed by atoms with van der Waals surface area (Å²) >= 11 is 0. The van der Waals surface area contributed by atoms with Crippen LogP contribution in [0, 0.1) is 5.92 Å². The molecule has 3 aromatic rings. The number of alkyl halides is 3. The number of carbonyl (C=O) groups is 3. The maximum atomic E-state index is 14.1. The number of ether oxygens (including phenoxy) is 2. The Morgan fingerprint density at radius 1 is 0.957 bits per heavy atom. The second-order valence-electron chi connectivity index (χ2n) is 13.9. The molecule has 1 aliphatic carbocycles. The van der Waals surface area contributed by atoms with Crippen LogP contribution in [0.25, 0.3) is 11.1 Å². The number of nitrogens with one attached hydrogen (secondary N) is 3. The molecule has 5 rings (SSSR count). The Morgan fingerprint density at radius 2 is 1.64 bits per heavy atom. The first-order chi connectivity index (χ1) is 21.9. The zero-order valence-corrected chi connectivity index (χ0v) is 27.1. The fourth-order valence-corrected chi connectivity index (χ4v) is 5.38. The number of hydrogen-bond acceptors (Lipinski definition) is 9. The lowest BCUT2D eigenvalue weighted by Gasteiger charge is -2.40. The van der Waals surface area contributed by atoms with Crippen LogP contribution in [0.1, 0.15) is 82.6 Å². The third kappa shape index (κ3) is 8.63. The van der Waals surface area contributed by atoms with Crippen LogP contribution < -0.4 is 20.9 Å². The van der Waals surface area contributed by atoms with Crippen molar-refractivity contribution in [2.24, 2.45) is 5.92 Å². The van der Waals surface area contributed by atoms with Crippen LogP contribution in [-0.4, -0.2) is 64.6 Å². The molecule has 0 radical (unpaired) electrons. The van der Waals surface area contributed by atoms with E-state index in [4.69, 9.17) is 13.9 Å². The number of aromatic nitrogens is 2. The predicted molar refractivity (Wildman–Crippen MR) is 168 cm³/mol. The summed E-state index contributed by atoms with van der Waals surface area (Å²) in [6.07, 6.45) is -0.213. The minimum atomic E-state index is -4.55. The molecule has 1 aliphatic heterocycles. The van der Waals surface area contributed by atoms with Crippen LogP contribution in [0.5, 0.6) is 0 Å². The van der Waals surface area contributed by atoms with E-state index < -0.39 is 54.0 Å². The number of carbonyl (C=O) groups excluding carboxylic acids is 3. The van der Waals surface area contributed by atoms with E-state index in [9.17, 15) is 27.6 Å². The lowest BCUT2D eigenvalue weighted by Crippen LogP contribution is -2.54. The number of fused-ring (bicyclic) bond motifs is 1. The average Bonchev–Trinajstić information content (AvgIpc) is 3.71. The minimum Gasteiger partial charge on any atom is -0.444 e. The molecule has 2 fully saturated rings. The molecule has 0 bridgehead atoms. The largest absolute Gasteiger partial charge is 0.444 e. The van der Waals surface area contributed by atoms with Gasteiger partial charge in [0.25, 0.3) is 5.91 Å². The van der Waals surface area contributed by atoms with Gasteiger partial charge in [0.1, 0.15) is 22.3 Å². The van der Waals surface area contributed by atoms with Gasteiger partial charge in [0.05, 0.1) is 29.5 Å².